The quantitative estimate of drug-likeness (QED) is 0.252. The molecular weight excluding hydrogens is 399 g/mol. The molecule has 1 unspecified atom stereocenters. The zero-order valence-electron chi connectivity index (χ0n) is 13.6. The van der Waals surface area contributed by atoms with E-state index in [0.29, 0.717) is 0 Å². The van der Waals surface area contributed by atoms with Crippen LogP contribution < -0.4 is 10.6 Å². The summed E-state index contributed by atoms with van der Waals surface area (Å²) in [5, 5.41) is 7.55. The van der Waals surface area contributed by atoms with Crippen molar-refractivity contribution < 1.29 is 4.74 Å². The van der Waals surface area contributed by atoms with Gasteiger partial charge in [-0.1, -0.05) is 0 Å². The number of methoxy groups -OCH3 is 1. The fraction of sp³-hybridized carbons (Fsp3) is 0.929. The van der Waals surface area contributed by atoms with Crippen molar-refractivity contribution in [1.29, 1.82) is 0 Å². The van der Waals surface area contributed by atoms with Crippen LogP contribution in [0.1, 0.15) is 19.3 Å². The molecule has 0 aromatic carbocycles. The number of likely N-dealkylation sites (N-methyl/N-ethyl adjacent to an activating group) is 1. The number of nitrogens with zero attached hydrogens (tertiary/aromatic N) is 2. The number of nitrogens with one attached hydrogen (secondary N) is 2. The smallest absolute Gasteiger partial charge is 0.191 e. The Labute approximate surface area is 151 Å². The van der Waals surface area contributed by atoms with Crippen LogP contribution in [0.4, 0.5) is 0 Å². The number of hydrogen-bond acceptors (Lipinski definition) is 4. The number of guanidine groups is 1. The van der Waals surface area contributed by atoms with Crippen LogP contribution in [0.2, 0.25) is 0 Å². The maximum atomic E-state index is 5.07. The maximum Gasteiger partial charge on any atom is 0.191 e. The topological polar surface area (TPSA) is 48.9 Å². The molecule has 0 bridgehead atoms. The van der Waals surface area contributed by atoms with Gasteiger partial charge in [-0.05, 0) is 38.6 Å². The molecule has 0 aromatic rings. The molecule has 7 heteroatoms. The summed E-state index contributed by atoms with van der Waals surface area (Å²) in [6, 6.07) is 0. The minimum atomic E-state index is 0. The molecule has 21 heavy (non-hydrogen) atoms. The Kier molecular flexibility index (Phi) is 14.1. The van der Waals surface area contributed by atoms with Gasteiger partial charge in [-0.15, -0.1) is 24.0 Å². The molecule has 0 spiro atoms. The fourth-order valence-corrected chi connectivity index (χ4v) is 3.35. The van der Waals surface area contributed by atoms with Crippen molar-refractivity contribution in [3.05, 3.63) is 0 Å². The largest absolute Gasteiger partial charge is 0.383 e. The molecule has 0 radical (unpaired) electrons. The highest BCUT2D eigenvalue weighted by atomic mass is 127. The van der Waals surface area contributed by atoms with Gasteiger partial charge in [0, 0.05) is 39.0 Å². The lowest BCUT2D eigenvalue weighted by molar-refractivity contribution is 0.161. The van der Waals surface area contributed by atoms with Crippen molar-refractivity contribution >= 4 is 41.7 Å². The van der Waals surface area contributed by atoms with Crippen molar-refractivity contribution in [3.8, 4) is 0 Å². The van der Waals surface area contributed by atoms with Gasteiger partial charge in [-0.25, -0.2) is 0 Å². The first-order chi connectivity index (χ1) is 9.76. The summed E-state index contributed by atoms with van der Waals surface area (Å²) in [6.07, 6.45) is 3.80. The normalized spacial score (nSPS) is 18.7. The van der Waals surface area contributed by atoms with Gasteiger partial charge in [0.05, 0.1) is 6.61 Å². The Morgan fingerprint density at radius 1 is 1.38 bits per heavy atom. The van der Waals surface area contributed by atoms with Crippen LogP contribution >= 0.6 is 35.7 Å². The summed E-state index contributed by atoms with van der Waals surface area (Å²) in [5.41, 5.74) is 0. The average Bonchev–Trinajstić information content (AvgIpc) is 2.97. The molecule has 1 aliphatic rings. The Balaban J connectivity index is 0.00000400. The molecule has 1 heterocycles. The van der Waals surface area contributed by atoms with Gasteiger partial charge in [0.1, 0.15) is 0 Å². The zero-order valence-corrected chi connectivity index (χ0v) is 16.7. The van der Waals surface area contributed by atoms with E-state index in [1.807, 2.05) is 7.05 Å². The second-order valence-electron chi connectivity index (χ2n) is 5.16. The lowest BCUT2D eigenvalue weighted by atomic mass is 10.2. The van der Waals surface area contributed by atoms with Crippen LogP contribution in [-0.4, -0.2) is 75.9 Å². The van der Waals surface area contributed by atoms with Crippen LogP contribution in [0.3, 0.4) is 0 Å². The SMILES string of the molecule is CN=C(NCCCN(C)CCOC)NCC1CCCS1.I. The molecule has 0 aromatic heterocycles. The third-order valence-electron chi connectivity index (χ3n) is 3.43. The number of hydrogen-bond donors (Lipinski definition) is 2. The first-order valence-electron chi connectivity index (χ1n) is 7.50. The van der Waals surface area contributed by atoms with Crippen molar-refractivity contribution in [2.24, 2.45) is 4.99 Å². The van der Waals surface area contributed by atoms with Gasteiger partial charge in [-0.3, -0.25) is 4.99 Å². The standard InChI is InChI=1S/C14H30N4OS.HI/c1-15-14(17-12-13-6-4-11-20-13)16-7-5-8-18(2)9-10-19-3;/h13H,4-12H2,1-3H3,(H2,15,16,17);1H. The van der Waals surface area contributed by atoms with Gasteiger partial charge in [0.2, 0.25) is 0 Å². The molecular formula is C14H31IN4OS. The number of rotatable bonds is 9. The Morgan fingerprint density at radius 3 is 2.81 bits per heavy atom. The van der Waals surface area contributed by atoms with Gasteiger partial charge < -0.3 is 20.3 Å². The van der Waals surface area contributed by atoms with E-state index < -0.39 is 0 Å². The Morgan fingerprint density at radius 2 is 2.19 bits per heavy atom. The number of thioether (sulfide) groups is 1. The van der Waals surface area contributed by atoms with Gasteiger partial charge >= 0.3 is 0 Å². The molecule has 1 atom stereocenters. The van der Waals surface area contributed by atoms with Crippen LogP contribution in [0.15, 0.2) is 4.99 Å². The molecule has 1 rings (SSSR count). The van der Waals surface area contributed by atoms with Crippen molar-refractivity contribution in [2.75, 3.05) is 59.7 Å². The average molecular weight is 430 g/mol. The van der Waals surface area contributed by atoms with Gasteiger partial charge in [0.15, 0.2) is 5.96 Å². The van der Waals surface area contributed by atoms with E-state index in [-0.39, 0.29) is 24.0 Å². The van der Waals surface area contributed by atoms with E-state index in [2.05, 4.69) is 39.3 Å². The Bertz CT molecular complexity index is 276. The van der Waals surface area contributed by atoms with E-state index in [1.165, 1.54) is 18.6 Å². The Hall–Kier alpha value is 0.270. The van der Waals surface area contributed by atoms with E-state index in [0.717, 1.165) is 50.4 Å². The van der Waals surface area contributed by atoms with Crippen molar-refractivity contribution in [2.45, 2.75) is 24.5 Å². The first-order valence-corrected chi connectivity index (χ1v) is 8.54. The summed E-state index contributed by atoms with van der Waals surface area (Å²) in [6.45, 7) is 4.84. The second-order valence-corrected chi connectivity index (χ2v) is 6.57. The lowest BCUT2D eigenvalue weighted by Crippen LogP contribution is -2.41. The maximum absolute atomic E-state index is 5.07. The molecule has 1 aliphatic heterocycles. The van der Waals surface area contributed by atoms with Crippen LogP contribution in [0.5, 0.6) is 0 Å². The summed E-state index contributed by atoms with van der Waals surface area (Å²) in [7, 11) is 5.71. The van der Waals surface area contributed by atoms with E-state index in [1.54, 1.807) is 7.11 Å². The molecule has 0 saturated carbocycles. The highest BCUT2D eigenvalue weighted by Crippen LogP contribution is 2.25. The summed E-state index contributed by atoms with van der Waals surface area (Å²) < 4.78 is 5.07. The van der Waals surface area contributed by atoms with Gasteiger partial charge in [0.25, 0.3) is 0 Å². The predicted octanol–water partition coefficient (Wildman–Crippen LogP) is 1.63. The molecule has 5 nitrogen and oxygen atoms in total. The predicted molar refractivity (Wildman–Crippen MR) is 104 cm³/mol. The first kappa shape index (κ1) is 21.3. The molecule has 0 amide bonds. The molecule has 0 aliphatic carbocycles. The van der Waals surface area contributed by atoms with Gasteiger partial charge in [-0.2, -0.15) is 11.8 Å². The summed E-state index contributed by atoms with van der Waals surface area (Å²) in [5.74, 6) is 2.24. The van der Waals surface area contributed by atoms with Crippen molar-refractivity contribution in [3.63, 3.8) is 0 Å². The summed E-state index contributed by atoms with van der Waals surface area (Å²) >= 11 is 2.07. The fourth-order valence-electron chi connectivity index (χ4n) is 2.15. The third kappa shape index (κ3) is 10.6. The molecule has 1 saturated heterocycles. The van der Waals surface area contributed by atoms with E-state index in [9.17, 15) is 0 Å². The molecule has 2 N–H and O–H groups in total. The molecule has 126 valence electrons. The third-order valence-corrected chi connectivity index (χ3v) is 4.83. The minimum absolute atomic E-state index is 0. The van der Waals surface area contributed by atoms with Crippen molar-refractivity contribution in [1.82, 2.24) is 15.5 Å². The molecule has 1 fully saturated rings. The van der Waals surface area contributed by atoms with Crippen LogP contribution in [-0.2, 0) is 4.74 Å². The second kappa shape index (κ2) is 13.9. The number of halogens is 1. The van der Waals surface area contributed by atoms with E-state index in [4.69, 9.17) is 4.74 Å². The minimum Gasteiger partial charge on any atom is -0.383 e. The highest BCUT2D eigenvalue weighted by Gasteiger charge is 2.15. The van der Waals surface area contributed by atoms with E-state index >= 15 is 0 Å². The van der Waals surface area contributed by atoms with Crippen LogP contribution in [0, 0.1) is 0 Å². The lowest BCUT2D eigenvalue weighted by Gasteiger charge is -2.17. The summed E-state index contributed by atoms with van der Waals surface area (Å²) in [4.78, 5) is 6.56. The van der Waals surface area contributed by atoms with Crippen LogP contribution in [0.25, 0.3) is 0 Å². The number of ether oxygens (including phenoxy) is 1. The number of aliphatic imine (C=N–C) groups is 1. The highest BCUT2D eigenvalue weighted by molar-refractivity contribution is 14.0. The monoisotopic (exact) mass is 430 g/mol. The zero-order chi connectivity index (χ0) is 14.6.